The second-order valence-corrected chi connectivity index (χ2v) is 8.85. The van der Waals surface area contributed by atoms with Crippen molar-refractivity contribution >= 4 is 18.0 Å². The Morgan fingerprint density at radius 2 is 1.67 bits per heavy atom. The quantitative estimate of drug-likeness (QED) is 0.633. The number of aliphatic carboxylic acids is 1. The van der Waals surface area contributed by atoms with Gasteiger partial charge in [-0.2, -0.15) is 0 Å². The molecule has 1 saturated carbocycles. The first kappa shape index (κ1) is 22.8. The van der Waals surface area contributed by atoms with Crippen LogP contribution in [0.25, 0.3) is 11.1 Å². The van der Waals surface area contributed by atoms with E-state index in [2.05, 4.69) is 29.6 Å². The van der Waals surface area contributed by atoms with Crippen LogP contribution in [0.4, 0.5) is 4.79 Å². The van der Waals surface area contributed by atoms with E-state index in [0.717, 1.165) is 12.8 Å². The highest BCUT2D eigenvalue weighted by Gasteiger charge is 2.31. The average molecular weight is 451 g/mol. The molecule has 2 amide bonds. The molecule has 0 heterocycles. The molecule has 2 aliphatic rings. The van der Waals surface area contributed by atoms with Crippen molar-refractivity contribution in [2.45, 2.75) is 44.6 Å². The first-order chi connectivity index (χ1) is 16.0. The van der Waals surface area contributed by atoms with Crippen molar-refractivity contribution in [2.24, 2.45) is 5.92 Å². The van der Waals surface area contributed by atoms with Crippen molar-refractivity contribution in [1.82, 2.24) is 10.2 Å². The maximum Gasteiger partial charge on any atom is 0.407 e. The van der Waals surface area contributed by atoms with Crippen LogP contribution in [-0.4, -0.2) is 53.7 Å². The number of rotatable bonds is 8. The highest BCUT2D eigenvalue weighted by atomic mass is 16.5. The van der Waals surface area contributed by atoms with E-state index in [1.807, 2.05) is 24.3 Å². The zero-order valence-electron chi connectivity index (χ0n) is 18.8. The van der Waals surface area contributed by atoms with Gasteiger partial charge in [0.05, 0.1) is 0 Å². The largest absolute Gasteiger partial charge is 0.480 e. The lowest BCUT2D eigenvalue weighted by Crippen LogP contribution is -2.37. The highest BCUT2D eigenvalue weighted by molar-refractivity contribution is 5.81. The summed E-state index contributed by atoms with van der Waals surface area (Å²) >= 11 is 0. The molecule has 0 aliphatic heterocycles. The maximum absolute atomic E-state index is 12.5. The minimum atomic E-state index is -1.01. The van der Waals surface area contributed by atoms with Crippen molar-refractivity contribution < 1.29 is 24.2 Å². The Kier molecular flexibility index (Phi) is 6.96. The molecule has 7 nitrogen and oxygen atoms in total. The molecule has 2 aromatic rings. The maximum atomic E-state index is 12.5. The number of nitrogens with zero attached hydrogens (tertiary/aromatic N) is 1. The first-order valence-corrected chi connectivity index (χ1v) is 11.6. The Morgan fingerprint density at radius 3 is 2.27 bits per heavy atom. The van der Waals surface area contributed by atoms with E-state index in [9.17, 15) is 14.4 Å². The van der Waals surface area contributed by atoms with Gasteiger partial charge in [-0.05, 0) is 54.4 Å². The zero-order valence-corrected chi connectivity index (χ0v) is 18.8. The number of carboxylic acids is 1. The molecular formula is C26H30N2O5. The third-order valence-electron chi connectivity index (χ3n) is 6.73. The average Bonchev–Trinajstić information content (AvgIpc) is 3.37. The monoisotopic (exact) mass is 450 g/mol. The summed E-state index contributed by atoms with van der Waals surface area (Å²) in [5.41, 5.74) is 4.73. The Balaban J connectivity index is 1.27. The second kappa shape index (κ2) is 10.1. The van der Waals surface area contributed by atoms with Gasteiger partial charge in [-0.3, -0.25) is 9.59 Å². The summed E-state index contributed by atoms with van der Waals surface area (Å²) in [6.45, 7) is 2.15. The Labute approximate surface area is 193 Å². The summed E-state index contributed by atoms with van der Waals surface area (Å²) in [7, 11) is 0. The van der Waals surface area contributed by atoms with Crippen molar-refractivity contribution in [3.8, 4) is 11.1 Å². The normalized spacial score (nSPS) is 18.9. The van der Waals surface area contributed by atoms with Gasteiger partial charge >= 0.3 is 12.1 Å². The fourth-order valence-corrected chi connectivity index (χ4v) is 5.11. The molecule has 2 aromatic carbocycles. The number of fused-ring (bicyclic) bond motifs is 3. The molecule has 0 saturated heterocycles. The van der Waals surface area contributed by atoms with Crippen molar-refractivity contribution in [2.75, 3.05) is 19.7 Å². The van der Waals surface area contributed by atoms with E-state index in [4.69, 9.17) is 9.84 Å². The predicted molar refractivity (Wildman–Crippen MR) is 124 cm³/mol. The van der Waals surface area contributed by atoms with E-state index in [1.165, 1.54) is 27.2 Å². The molecule has 1 fully saturated rings. The molecule has 33 heavy (non-hydrogen) atoms. The SMILES string of the molecule is CCN(CC(=O)O)C(=O)CC1CCC(NC(=O)OCC2c3ccccc3-c3ccccc32)C1. The third kappa shape index (κ3) is 5.18. The lowest BCUT2D eigenvalue weighted by molar-refractivity contribution is -0.144. The number of carbonyl (C=O) groups is 3. The summed E-state index contributed by atoms with van der Waals surface area (Å²) < 4.78 is 5.63. The van der Waals surface area contributed by atoms with Gasteiger partial charge in [0.25, 0.3) is 0 Å². The Bertz CT molecular complexity index is 991. The topological polar surface area (TPSA) is 95.9 Å². The van der Waals surface area contributed by atoms with E-state index >= 15 is 0 Å². The third-order valence-corrected chi connectivity index (χ3v) is 6.73. The molecule has 0 aromatic heterocycles. The van der Waals surface area contributed by atoms with Gasteiger partial charge in [0, 0.05) is 24.9 Å². The van der Waals surface area contributed by atoms with E-state index in [1.54, 1.807) is 6.92 Å². The zero-order chi connectivity index (χ0) is 23.4. The van der Waals surface area contributed by atoms with Gasteiger partial charge in [0.15, 0.2) is 0 Å². The fourth-order valence-electron chi connectivity index (χ4n) is 5.11. The summed E-state index contributed by atoms with van der Waals surface area (Å²) in [4.78, 5) is 37.2. The van der Waals surface area contributed by atoms with E-state index < -0.39 is 12.1 Å². The molecule has 0 bridgehead atoms. The van der Waals surface area contributed by atoms with Gasteiger partial charge in [-0.15, -0.1) is 0 Å². The second-order valence-electron chi connectivity index (χ2n) is 8.85. The summed E-state index contributed by atoms with van der Waals surface area (Å²) in [6, 6.07) is 16.4. The summed E-state index contributed by atoms with van der Waals surface area (Å²) in [5.74, 6) is -0.997. The number of benzene rings is 2. The molecular weight excluding hydrogens is 420 g/mol. The Morgan fingerprint density at radius 1 is 1.03 bits per heavy atom. The summed E-state index contributed by atoms with van der Waals surface area (Å²) in [5, 5.41) is 11.9. The fraction of sp³-hybridized carbons (Fsp3) is 0.423. The molecule has 7 heteroatoms. The molecule has 0 spiro atoms. The molecule has 2 unspecified atom stereocenters. The van der Waals surface area contributed by atoms with Gasteiger partial charge in [0.1, 0.15) is 13.2 Å². The van der Waals surface area contributed by atoms with Gasteiger partial charge in [0.2, 0.25) is 5.91 Å². The van der Waals surface area contributed by atoms with Crippen molar-refractivity contribution in [3.63, 3.8) is 0 Å². The number of hydrogen-bond acceptors (Lipinski definition) is 4. The smallest absolute Gasteiger partial charge is 0.407 e. The molecule has 0 radical (unpaired) electrons. The number of carboxylic acid groups (broad SMARTS) is 1. The van der Waals surface area contributed by atoms with Crippen LogP contribution in [0, 0.1) is 5.92 Å². The number of carbonyl (C=O) groups excluding carboxylic acids is 2. The number of amides is 2. The van der Waals surface area contributed by atoms with E-state index in [0.29, 0.717) is 19.4 Å². The van der Waals surface area contributed by atoms with Crippen molar-refractivity contribution in [3.05, 3.63) is 59.7 Å². The Hall–Kier alpha value is -3.35. The van der Waals surface area contributed by atoms with Crippen LogP contribution in [0.2, 0.25) is 0 Å². The van der Waals surface area contributed by atoms with Gasteiger partial charge < -0.3 is 20.1 Å². The number of likely N-dealkylation sites (N-methyl/N-ethyl adjacent to an activating group) is 1. The van der Waals surface area contributed by atoms with Crippen LogP contribution in [0.5, 0.6) is 0 Å². The molecule has 174 valence electrons. The lowest BCUT2D eigenvalue weighted by atomic mass is 9.98. The van der Waals surface area contributed by atoms with Crippen LogP contribution in [0.15, 0.2) is 48.5 Å². The van der Waals surface area contributed by atoms with Gasteiger partial charge in [-0.25, -0.2) is 4.79 Å². The highest BCUT2D eigenvalue weighted by Crippen LogP contribution is 2.44. The van der Waals surface area contributed by atoms with Crippen LogP contribution < -0.4 is 5.32 Å². The van der Waals surface area contributed by atoms with Crippen LogP contribution in [-0.2, 0) is 14.3 Å². The first-order valence-electron chi connectivity index (χ1n) is 11.6. The van der Waals surface area contributed by atoms with Crippen molar-refractivity contribution in [1.29, 1.82) is 0 Å². The van der Waals surface area contributed by atoms with Crippen LogP contribution >= 0.6 is 0 Å². The minimum absolute atomic E-state index is 0.0198. The van der Waals surface area contributed by atoms with Crippen LogP contribution in [0.3, 0.4) is 0 Å². The van der Waals surface area contributed by atoms with Gasteiger partial charge in [-0.1, -0.05) is 48.5 Å². The standard InChI is InChI=1S/C26H30N2O5/c1-2-28(15-25(30)31)24(29)14-17-11-12-18(13-17)27-26(32)33-16-23-21-9-5-3-7-19(21)20-8-4-6-10-22(20)23/h3-10,17-18,23H,2,11-16H2,1H3,(H,27,32)(H,30,31). The number of nitrogens with one attached hydrogen (secondary N) is 1. The number of alkyl carbamates (subject to hydrolysis) is 1. The molecule has 4 rings (SSSR count). The minimum Gasteiger partial charge on any atom is -0.480 e. The molecule has 2 atom stereocenters. The molecule has 2 N–H and O–H groups in total. The van der Waals surface area contributed by atoms with Crippen LogP contribution in [0.1, 0.15) is 49.7 Å². The summed E-state index contributed by atoms with van der Waals surface area (Å²) in [6.07, 6.45) is 2.18. The lowest BCUT2D eigenvalue weighted by Gasteiger charge is -2.21. The van der Waals surface area contributed by atoms with E-state index in [-0.39, 0.29) is 36.9 Å². The number of ether oxygens (including phenoxy) is 1. The number of hydrogen-bond donors (Lipinski definition) is 2. The molecule has 2 aliphatic carbocycles. The predicted octanol–water partition coefficient (Wildman–Crippen LogP) is 4.02.